The number of urea groups is 1. The van der Waals surface area contributed by atoms with Crippen molar-refractivity contribution in [3.63, 3.8) is 0 Å². The number of ether oxygens (including phenoxy) is 2. The third kappa shape index (κ3) is 6.71. The number of methoxy groups -OCH3 is 1. The van der Waals surface area contributed by atoms with E-state index in [9.17, 15) is 24.6 Å². The molecule has 0 aliphatic carbocycles. The van der Waals surface area contributed by atoms with Crippen LogP contribution in [0.3, 0.4) is 0 Å². The van der Waals surface area contributed by atoms with Crippen molar-refractivity contribution in [1.82, 2.24) is 20.6 Å². The molecule has 2 aliphatic rings. The maximum atomic E-state index is 12.7. The summed E-state index contributed by atoms with van der Waals surface area (Å²) in [5.41, 5.74) is 1.57. The van der Waals surface area contributed by atoms with Crippen LogP contribution < -0.4 is 10.8 Å². The summed E-state index contributed by atoms with van der Waals surface area (Å²) in [6.07, 6.45) is 1.78. The molecular weight excluding hydrogens is 426 g/mol. The molecule has 4 atom stereocenters. The van der Waals surface area contributed by atoms with Gasteiger partial charge in [0.2, 0.25) is 11.8 Å². The Morgan fingerprint density at radius 3 is 2.47 bits per heavy atom. The van der Waals surface area contributed by atoms with Crippen LogP contribution >= 0.6 is 0 Å². The number of amides is 4. The summed E-state index contributed by atoms with van der Waals surface area (Å²) >= 11 is 0. The fourth-order valence-corrected chi connectivity index (χ4v) is 3.40. The number of nitrogens with one attached hydrogen (secondary N) is 2. The van der Waals surface area contributed by atoms with Gasteiger partial charge in [-0.1, -0.05) is 12.8 Å². The van der Waals surface area contributed by atoms with Gasteiger partial charge in [0.25, 0.3) is 0 Å². The molecule has 2 aliphatic heterocycles. The second-order valence-electron chi connectivity index (χ2n) is 7.50. The van der Waals surface area contributed by atoms with Gasteiger partial charge in [0.15, 0.2) is 12.0 Å². The van der Waals surface area contributed by atoms with E-state index < -0.39 is 43.1 Å². The van der Waals surface area contributed by atoms with Crippen LogP contribution in [0.25, 0.3) is 0 Å². The molecule has 0 aromatic heterocycles. The van der Waals surface area contributed by atoms with Gasteiger partial charge in [-0.3, -0.25) is 24.6 Å². The predicted molar refractivity (Wildman–Crippen MR) is 110 cm³/mol. The summed E-state index contributed by atoms with van der Waals surface area (Å²) < 4.78 is 10.8. The van der Waals surface area contributed by atoms with Crippen LogP contribution in [0.4, 0.5) is 4.79 Å². The summed E-state index contributed by atoms with van der Waals surface area (Å²) in [4.78, 5) is 42.4. The molecule has 0 saturated carbocycles. The van der Waals surface area contributed by atoms with Crippen molar-refractivity contribution in [1.29, 1.82) is 0 Å². The number of aliphatic hydroxyl groups is 2. The molecule has 32 heavy (non-hydrogen) atoms. The normalized spacial score (nSPS) is 25.5. The number of aliphatic hydroxyl groups excluding tert-OH is 2. The molecule has 2 rings (SSSR count). The highest BCUT2D eigenvalue weighted by molar-refractivity contribution is 5.89. The molecule has 0 radical (unpaired) electrons. The number of carbonyl (C=O) groups excluding carboxylic acids is 3. The van der Waals surface area contributed by atoms with Gasteiger partial charge in [-0.05, 0) is 12.8 Å². The number of unbranched alkanes of at least 4 members (excludes halogenated alkanes) is 3. The monoisotopic (exact) mass is 457 g/mol. The van der Waals surface area contributed by atoms with Gasteiger partial charge in [0.1, 0.15) is 24.7 Å². The summed E-state index contributed by atoms with van der Waals surface area (Å²) in [6.45, 7) is -0.444. The first-order chi connectivity index (χ1) is 15.3. The molecule has 5 N–H and O–H groups in total. The van der Waals surface area contributed by atoms with Crippen LogP contribution in [0.2, 0.25) is 0 Å². The van der Waals surface area contributed by atoms with Crippen LogP contribution in [0.5, 0.6) is 0 Å². The van der Waals surface area contributed by atoms with E-state index in [1.54, 1.807) is 5.48 Å². The first-order valence-corrected chi connectivity index (χ1v) is 10.3. The molecule has 4 amide bonds. The zero-order valence-corrected chi connectivity index (χ0v) is 18.1. The number of hydrogen-bond acceptors (Lipinski definition) is 9. The third-order valence-electron chi connectivity index (χ3n) is 5.15. The van der Waals surface area contributed by atoms with E-state index in [4.69, 9.17) is 14.7 Å². The molecule has 13 nitrogen and oxygen atoms in total. The van der Waals surface area contributed by atoms with Gasteiger partial charge < -0.3 is 25.0 Å². The largest absolute Gasteiger partial charge is 0.394 e. The van der Waals surface area contributed by atoms with E-state index >= 15 is 0 Å². The summed E-state index contributed by atoms with van der Waals surface area (Å²) in [6, 6.07) is -0.525. The number of rotatable bonds is 11. The summed E-state index contributed by atoms with van der Waals surface area (Å²) in [7, 11) is 2.84. The quantitative estimate of drug-likeness (QED) is 0.153. The zero-order chi connectivity index (χ0) is 23.7. The average Bonchev–Trinajstić information content (AvgIpc) is 3.03. The lowest BCUT2D eigenvalue weighted by Gasteiger charge is -2.29. The van der Waals surface area contributed by atoms with Crippen LogP contribution in [0, 0.1) is 0 Å². The van der Waals surface area contributed by atoms with Crippen molar-refractivity contribution in [2.24, 2.45) is 4.99 Å². The molecule has 13 heteroatoms. The lowest BCUT2D eigenvalue weighted by molar-refractivity contribution is -0.129. The Balaban J connectivity index is 1.89. The molecule has 1 saturated heterocycles. The molecule has 1 fully saturated rings. The second-order valence-corrected chi connectivity index (χ2v) is 7.50. The summed E-state index contributed by atoms with van der Waals surface area (Å²) in [5.74, 6) is -0.563. The Hall–Kier alpha value is -2.58. The second kappa shape index (κ2) is 12.5. The highest BCUT2D eigenvalue weighted by Crippen LogP contribution is 2.27. The Morgan fingerprint density at radius 2 is 1.88 bits per heavy atom. The highest BCUT2D eigenvalue weighted by Gasteiger charge is 2.48. The Kier molecular flexibility index (Phi) is 9.99. The molecule has 180 valence electrons. The van der Waals surface area contributed by atoms with Crippen molar-refractivity contribution >= 4 is 24.2 Å². The van der Waals surface area contributed by atoms with Gasteiger partial charge in [-0.25, -0.2) is 15.3 Å². The lowest BCUT2D eigenvalue weighted by Crippen LogP contribution is -2.50. The van der Waals surface area contributed by atoms with Crippen LogP contribution in [-0.2, 0) is 19.1 Å². The van der Waals surface area contributed by atoms with Crippen molar-refractivity contribution in [3.05, 3.63) is 12.0 Å². The van der Waals surface area contributed by atoms with Crippen molar-refractivity contribution in [2.45, 2.75) is 63.1 Å². The maximum absolute atomic E-state index is 12.7. The van der Waals surface area contributed by atoms with E-state index in [0.29, 0.717) is 12.8 Å². The topological polar surface area (TPSA) is 173 Å². The van der Waals surface area contributed by atoms with Crippen LogP contribution in [0.1, 0.15) is 38.5 Å². The zero-order valence-electron chi connectivity index (χ0n) is 18.1. The molecule has 0 aromatic carbocycles. The van der Waals surface area contributed by atoms with E-state index in [1.165, 1.54) is 31.6 Å². The lowest BCUT2D eigenvalue weighted by atomic mass is 10.1. The number of hydroxylamine groups is 1. The smallest absolute Gasteiger partial charge is 0.331 e. The summed E-state index contributed by atoms with van der Waals surface area (Å²) in [5, 5.41) is 30.6. The van der Waals surface area contributed by atoms with Crippen LogP contribution in [0.15, 0.2) is 17.0 Å². The molecule has 2 heterocycles. The van der Waals surface area contributed by atoms with Crippen molar-refractivity contribution in [3.8, 4) is 0 Å². The van der Waals surface area contributed by atoms with Crippen molar-refractivity contribution in [2.75, 3.05) is 20.8 Å². The van der Waals surface area contributed by atoms with Crippen LogP contribution in [-0.4, -0.2) is 94.7 Å². The predicted octanol–water partition coefficient (Wildman–Crippen LogP) is -0.764. The van der Waals surface area contributed by atoms with Crippen molar-refractivity contribution < 1.29 is 39.3 Å². The van der Waals surface area contributed by atoms with Gasteiger partial charge >= 0.3 is 6.03 Å². The van der Waals surface area contributed by atoms with E-state index in [1.807, 2.05) is 0 Å². The average molecular weight is 457 g/mol. The maximum Gasteiger partial charge on any atom is 0.331 e. The Bertz CT molecular complexity index is 731. The minimum absolute atomic E-state index is 0.152. The van der Waals surface area contributed by atoms with E-state index in [-0.39, 0.29) is 24.6 Å². The number of aliphatic imine (C=N–C) groups is 1. The van der Waals surface area contributed by atoms with Gasteiger partial charge in [0.05, 0.1) is 12.8 Å². The SMILES string of the molecule is COC1C(O)C(CO)OC1N1C=NC(NC(=O)CCCCCCC(=O)NO)=CN(C)C1=O. The van der Waals surface area contributed by atoms with Gasteiger partial charge in [-0.2, -0.15) is 0 Å². The van der Waals surface area contributed by atoms with Gasteiger partial charge in [0, 0.05) is 27.0 Å². The Labute approximate surface area is 185 Å². The number of hydrogen-bond donors (Lipinski definition) is 5. The fourth-order valence-electron chi connectivity index (χ4n) is 3.40. The van der Waals surface area contributed by atoms with E-state index in [2.05, 4.69) is 10.3 Å². The first kappa shape index (κ1) is 25.7. The minimum Gasteiger partial charge on any atom is -0.394 e. The molecule has 0 aromatic rings. The Morgan fingerprint density at radius 1 is 1.22 bits per heavy atom. The number of nitrogens with zero attached hydrogens (tertiary/aromatic N) is 3. The number of carbonyl (C=O) groups is 3. The van der Waals surface area contributed by atoms with Gasteiger partial charge in [-0.15, -0.1) is 0 Å². The standard InChI is InChI=1S/C19H31N5O8/c1-23-9-13(21-14(26)7-5-3-4-6-8-15(27)22-30)20-11-24(19(23)29)18-17(31-2)16(28)12(10-25)32-18/h9,11-12,16-18,25,28,30H,3-8,10H2,1-2H3,(H,21,26)(H,22,27). The fraction of sp³-hybridized carbons (Fsp3) is 0.684. The molecule has 0 bridgehead atoms. The first-order valence-electron chi connectivity index (χ1n) is 10.3. The van der Waals surface area contributed by atoms with E-state index in [0.717, 1.165) is 17.7 Å². The highest BCUT2D eigenvalue weighted by atomic mass is 16.6. The molecule has 0 spiro atoms. The minimum atomic E-state index is -1.13. The third-order valence-corrected chi connectivity index (χ3v) is 5.15. The molecule has 4 unspecified atom stereocenters. The molecular formula is C19H31N5O8.